The summed E-state index contributed by atoms with van der Waals surface area (Å²) in [5.74, 6) is 3.68. The van der Waals surface area contributed by atoms with Gasteiger partial charge in [0.05, 0.1) is 0 Å². The minimum absolute atomic E-state index is 0.377. The predicted octanol–water partition coefficient (Wildman–Crippen LogP) is 4.17. The van der Waals surface area contributed by atoms with Gasteiger partial charge < -0.3 is 0 Å². The molecule has 0 aliphatic heterocycles. The van der Waals surface area contributed by atoms with E-state index in [1.54, 1.807) is 0 Å². The van der Waals surface area contributed by atoms with E-state index in [1.165, 1.54) is 31.3 Å². The lowest BCUT2D eigenvalue weighted by Crippen LogP contribution is -2.42. The van der Waals surface area contributed by atoms with Crippen molar-refractivity contribution >= 4 is 0 Å². The first kappa shape index (κ1) is 10.8. The molecule has 2 atom stereocenters. The van der Waals surface area contributed by atoms with Gasteiger partial charge in [0.2, 0.25) is 0 Å². The molecule has 1 fully saturated rings. The van der Waals surface area contributed by atoms with Gasteiger partial charge in [0.1, 0.15) is 0 Å². The van der Waals surface area contributed by atoms with Gasteiger partial charge in [-0.2, -0.15) is 0 Å². The smallest absolute Gasteiger partial charge is 0.00166 e. The molecule has 2 rings (SSSR count). The third-order valence-corrected chi connectivity index (χ3v) is 4.67. The lowest BCUT2D eigenvalue weighted by Gasteiger charge is -2.52. The van der Waals surface area contributed by atoms with E-state index in [9.17, 15) is 0 Å². The van der Waals surface area contributed by atoms with E-state index < -0.39 is 0 Å². The summed E-state index contributed by atoms with van der Waals surface area (Å²) < 4.78 is 0. The third kappa shape index (κ3) is 1.73. The molecular formula is C15H22. The fraction of sp³-hybridized carbons (Fsp3) is 0.733. The molecule has 0 unspecified atom stereocenters. The molecule has 0 bridgehead atoms. The Bertz CT molecular complexity index is 326. The summed E-state index contributed by atoms with van der Waals surface area (Å²) >= 11 is 0. The Morgan fingerprint density at radius 2 is 2.07 bits per heavy atom. The summed E-state index contributed by atoms with van der Waals surface area (Å²) in [6.07, 6.45) is 14.4. The molecular weight excluding hydrogens is 180 g/mol. The quantitative estimate of drug-likeness (QED) is 0.517. The van der Waals surface area contributed by atoms with E-state index in [4.69, 9.17) is 6.42 Å². The lowest BCUT2D eigenvalue weighted by atomic mass is 9.53. The highest BCUT2D eigenvalue weighted by molar-refractivity contribution is 5.31. The average Bonchev–Trinajstić information content (AvgIpc) is 2.15. The van der Waals surface area contributed by atoms with Crippen LogP contribution in [0.1, 0.15) is 52.9 Å². The molecule has 82 valence electrons. The fourth-order valence-corrected chi connectivity index (χ4v) is 3.94. The molecule has 0 aromatic carbocycles. The van der Waals surface area contributed by atoms with Gasteiger partial charge in [0.15, 0.2) is 0 Å². The molecule has 0 aromatic heterocycles. The molecule has 0 radical (unpaired) electrons. The fourth-order valence-electron chi connectivity index (χ4n) is 3.94. The van der Waals surface area contributed by atoms with Gasteiger partial charge in [-0.05, 0) is 48.0 Å². The monoisotopic (exact) mass is 202 g/mol. The Balaban J connectivity index is 2.35. The van der Waals surface area contributed by atoms with Gasteiger partial charge in [-0.25, -0.2) is 0 Å². The zero-order valence-corrected chi connectivity index (χ0v) is 10.3. The molecule has 2 aliphatic carbocycles. The van der Waals surface area contributed by atoms with Crippen molar-refractivity contribution in [2.45, 2.75) is 52.9 Å². The van der Waals surface area contributed by atoms with Crippen molar-refractivity contribution in [2.24, 2.45) is 16.7 Å². The maximum absolute atomic E-state index is 5.53. The Kier molecular flexibility index (Phi) is 2.45. The van der Waals surface area contributed by atoms with Gasteiger partial charge in [-0.15, -0.1) is 6.42 Å². The minimum Gasteiger partial charge on any atom is -0.115 e. The summed E-state index contributed by atoms with van der Waals surface area (Å²) in [4.78, 5) is 0. The number of hydrogen-bond donors (Lipinski definition) is 0. The second-order valence-corrected chi connectivity index (χ2v) is 6.25. The number of hydrogen-bond acceptors (Lipinski definition) is 0. The van der Waals surface area contributed by atoms with Crippen LogP contribution in [0.2, 0.25) is 0 Å². The van der Waals surface area contributed by atoms with Crippen LogP contribution in [-0.4, -0.2) is 0 Å². The molecule has 0 heteroatoms. The van der Waals surface area contributed by atoms with E-state index in [-0.39, 0.29) is 0 Å². The van der Waals surface area contributed by atoms with Gasteiger partial charge >= 0.3 is 0 Å². The number of fused-ring (bicyclic) bond motifs is 1. The van der Waals surface area contributed by atoms with Crippen molar-refractivity contribution in [3.63, 3.8) is 0 Å². The first-order valence-corrected chi connectivity index (χ1v) is 6.16. The minimum atomic E-state index is 0.377. The molecule has 0 spiro atoms. The predicted molar refractivity (Wildman–Crippen MR) is 65.4 cm³/mol. The van der Waals surface area contributed by atoms with Crippen molar-refractivity contribution < 1.29 is 0 Å². The Morgan fingerprint density at radius 3 is 2.73 bits per heavy atom. The summed E-state index contributed by atoms with van der Waals surface area (Å²) in [7, 11) is 0. The average molecular weight is 202 g/mol. The van der Waals surface area contributed by atoms with Crippen molar-refractivity contribution in [1.82, 2.24) is 0 Å². The largest absolute Gasteiger partial charge is 0.115 e. The van der Waals surface area contributed by atoms with Crippen LogP contribution in [0.4, 0.5) is 0 Å². The molecule has 0 N–H and O–H groups in total. The van der Waals surface area contributed by atoms with Crippen LogP contribution in [0.3, 0.4) is 0 Å². The van der Waals surface area contributed by atoms with Crippen LogP contribution < -0.4 is 0 Å². The Morgan fingerprint density at radius 1 is 1.33 bits per heavy atom. The van der Waals surface area contributed by atoms with E-state index in [0.29, 0.717) is 10.8 Å². The second kappa shape index (κ2) is 3.41. The maximum atomic E-state index is 5.53. The number of rotatable bonds is 0. The van der Waals surface area contributed by atoms with Crippen molar-refractivity contribution in [3.05, 3.63) is 11.6 Å². The van der Waals surface area contributed by atoms with Gasteiger partial charge in [-0.3, -0.25) is 0 Å². The summed E-state index contributed by atoms with van der Waals surface area (Å²) in [5.41, 5.74) is 2.12. The molecule has 0 aromatic rings. The molecule has 15 heavy (non-hydrogen) atoms. The second-order valence-electron chi connectivity index (χ2n) is 6.25. The highest BCUT2D eigenvalue weighted by Crippen LogP contribution is 2.56. The molecule has 0 saturated heterocycles. The zero-order chi connectivity index (χ0) is 11.1. The highest BCUT2D eigenvalue weighted by atomic mass is 14.5. The molecule has 2 aliphatic rings. The van der Waals surface area contributed by atoms with E-state index in [2.05, 4.69) is 32.8 Å². The number of allylic oxidation sites excluding steroid dienone is 2. The van der Waals surface area contributed by atoms with Crippen LogP contribution in [0, 0.1) is 29.1 Å². The van der Waals surface area contributed by atoms with Crippen LogP contribution >= 0.6 is 0 Å². The first-order chi connectivity index (χ1) is 6.98. The van der Waals surface area contributed by atoms with Crippen molar-refractivity contribution in [1.29, 1.82) is 0 Å². The van der Waals surface area contributed by atoms with Crippen LogP contribution in [0.15, 0.2) is 11.6 Å². The van der Waals surface area contributed by atoms with Gasteiger partial charge in [-0.1, -0.05) is 39.2 Å². The first-order valence-electron chi connectivity index (χ1n) is 6.16. The van der Waals surface area contributed by atoms with Gasteiger partial charge in [0, 0.05) is 0 Å². The Labute approximate surface area is 94.1 Å². The van der Waals surface area contributed by atoms with E-state index in [0.717, 1.165) is 12.3 Å². The van der Waals surface area contributed by atoms with Gasteiger partial charge in [0.25, 0.3) is 0 Å². The third-order valence-electron chi connectivity index (χ3n) is 4.67. The van der Waals surface area contributed by atoms with E-state index in [1.807, 2.05) is 0 Å². The number of terminal acetylenes is 1. The van der Waals surface area contributed by atoms with Crippen molar-refractivity contribution in [3.8, 4) is 12.3 Å². The molecule has 0 heterocycles. The highest BCUT2D eigenvalue weighted by Gasteiger charge is 2.46. The summed E-state index contributed by atoms with van der Waals surface area (Å²) in [6.45, 7) is 7.28. The molecule has 0 amide bonds. The van der Waals surface area contributed by atoms with Crippen LogP contribution in [0.5, 0.6) is 0 Å². The SMILES string of the molecule is C#CC1=C[C@@]2(C)CCCC(C)(C)[C@@H]2CC1. The summed E-state index contributed by atoms with van der Waals surface area (Å²) in [5, 5.41) is 0. The normalized spacial score (nSPS) is 38.8. The van der Waals surface area contributed by atoms with Crippen LogP contribution in [-0.2, 0) is 0 Å². The lowest BCUT2D eigenvalue weighted by molar-refractivity contribution is 0.0223. The molecule has 1 saturated carbocycles. The van der Waals surface area contributed by atoms with E-state index >= 15 is 0 Å². The summed E-state index contributed by atoms with van der Waals surface area (Å²) in [6, 6.07) is 0. The zero-order valence-electron chi connectivity index (χ0n) is 10.3. The standard InChI is InChI=1S/C15H22/c1-5-12-7-8-13-14(2,3)9-6-10-15(13,4)11-12/h1,11,13H,6-10H2,2-4H3/t13-,15+/m0/s1. The maximum Gasteiger partial charge on any atom is -0.00166 e. The van der Waals surface area contributed by atoms with Crippen LogP contribution in [0.25, 0.3) is 0 Å². The molecule has 0 nitrogen and oxygen atoms in total. The topological polar surface area (TPSA) is 0 Å². The Hall–Kier alpha value is -0.700. The van der Waals surface area contributed by atoms with Crippen molar-refractivity contribution in [2.75, 3.05) is 0 Å².